The van der Waals surface area contributed by atoms with E-state index in [0.29, 0.717) is 12.0 Å². The van der Waals surface area contributed by atoms with Crippen LogP contribution in [-0.2, 0) is 19.1 Å². The second-order valence-corrected chi connectivity index (χ2v) is 6.69. The summed E-state index contributed by atoms with van der Waals surface area (Å²) in [4.78, 5) is 24.9. The molecule has 2 rings (SSSR count). The summed E-state index contributed by atoms with van der Waals surface area (Å²) in [6.07, 6.45) is 7.41. The third-order valence-electron chi connectivity index (χ3n) is 3.67. The van der Waals surface area contributed by atoms with Gasteiger partial charge in [0, 0.05) is 18.0 Å². The van der Waals surface area contributed by atoms with E-state index in [1.165, 1.54) is 0 Å². The van der Waals surface area contributed by atoms with E-state index in [9.17, 15) is 9.59 Å². The second-order valence-electron chi connectivity index (χ2n) is 6.69. The van der Waals surface area contributed by atoms with Crippen LogP contribution >= 0.6 is 0 Å². The minimum atomic E-state index is -0.507. The summed E-state index contributed by atoms with van der Waals surface area (Å²) in [6.45, 7) is 5.73. The number of allylic oxidation sites excluding steroid dienone is 1. The number of carbonyl (C=O) groups is 2. The Balaban J connectivity index is 1.85. The molecule has 2 aliphatic rings. The van der Waals surface area contributed by atoms with Crippen LogP contribution in [0.15, 0.2) is 24.0 Å². The molecule has 1 amide bonds. The van der Waals surface area contributed by atoms with Crippen LogP contribution in [0.4, 0.5) is 0 Å². The van der Waals surface area contributed by atoms with E-state index in [2.05, 4.69) is 0 Å². The first-order chi connectivity index (χ1) is 10.3. The number of amides is 1. The van der Waals surface area contributed by atoms with Crippen molar-refractivity contribution in [1.29, 1.82) is 0 Å². The van der Waals surface area contributed by atoms with E-state index in [0.717, 1.165) is 12.8 Å². The maximum absolute atomic E-state index is 11.8. The largest absolute Gasteiger partial charge is 0.463 e. The number of carbonyl (C=O) groups excluding carboxylic acids is 2. The zero-order valence-corrected chi connectivity index (χ0v) is 13.4. The number of esters is 1. The molecule has 22 heavy (non-hydrogen) atoms. The van der Waals surface area contributed by atoms with E-state index in [1.807, 2.05) is 37.9 Å². The molecule has 0 aromatic heterocycles. The van der Waals surface area contributed by atoms with Gasteiger partial charge in [-0.1, -0.05) is 6.08 Å². The van der Waals surface area contributed by atoms with Crippen LogP contribution in [0, 0.1) is 5.41 Å². The maximum atomic E-state index is 11.8. The van der Waals surface area contributed by atoms with E-state index in [4.69, 9.17) is 15.2 Å². The van der Waals surface area contributed by atoms with Crippen molar-refractivity contribution in [2.45, 2.75) is 52.4 Å². The van der Waals surface area contributed by atoms with Crippen LogP contribution < -0.4 is 5.73 Å². The maximum Gasteiger partial charge on any atom is 0.311 e. The van der Waals surface area contributed by atoms with Gasteiger partial charge in [0.15, 0.2) is 0 Å². The molecule has 0 aliphatic carbocycles. The van der Waals surface area contributed by atoms with Gasteiger partial charge in [-0.3, -0.25) is 9.59 Å². The first kappa shape index (κ1) is 16.5. The van der Waals surface area contributed by atoms with Gasteiger partial charge in [-0.15, -0.1) is 0 Å². The number of primary amides is 1. The number of nitrogens with two attached hydrogens (primary N) is 1. The van der Waals surface area contributed by atoms with Gasteiger partial charge in [0.05, 0.1) is 11.5 Å². The van der Waals surface area contributed by atoms with Gasteiger partial charge in [-0.2, -0.15) is 0 Å². The highest BCUT2D eigenvalue weighted by Gasteiger charge is 2.31. The topological polar surface area (TPSA) is 81.9 Å². The minimum absolute atomic E-state index is 0.114. The number of hydrogen-bond acceptors (Lipinski definition) is 5. The Hall–Kier alpha value is -1.82. The summed E-state index contributed by atoms with van der Waals surface area (Å²) in [5.41, 5.74) is 5.37. The van der Waals surface area contributed by atoms with E-state index >= 15 is 0 Å². The lowest BCUT2D eigenvalue weighted by Gasteiger charge is -2.27. The molecule has 1 saturated heterocycles. The van der Waals surface area contributed by atoms with Crippen LogP contribution in [0.3, 0.4) is 0 Å². The number of nitrogens with zero attached hydrogens (tertiary/aromatic N) is 1. The fraction of sp³-hybridized carbons (Fsp3) is 0.625. The molecule has 0 radical (unpaired) electrons. The minimum Gasteiger partial charge on any atom is -0.463 e. The lowest BCUT2D eigenvalue weighted by atomic mass is 9.97. The first-order valence-corrected chi connectivity index (χ1v) is 7.54. The Morgan fingerprint density at radius 1 is 1.41 bits per heavy atom. The predicted molar refractivity (Wildman–Crippen MR) is 81.2 cm³/mol. The predicted octanol–water partition coefficient (Wildman–Crippen LogP) is 1.67. The smallest absolute Gasteiger partial charge is 0.311 e. The molecular formula is C16H24N2O4. The first-order valence-electron chi connectivity index (χ1n) is 7.54. The molecule has 2 N–H and O–H groups in total. The van der Waals surface area contributed by atoms with Crippen molar-refractivity contribution in [1.82, 2.24) is 4.90 Å². The highest BCUT2D eigenvalue weighted by molar-refractivity contribution is 5.92. The van der Waals surface area contributed by atoms with Gasteiger partial charge >= 0.3 is 5.97 Å². The summed E-state index contributed by atoms with van der Waals surface area (Å²) in [5, 5.41) is 0. The van der Waals surface area contributed by atoms with Crippen LogP contribution in [-0.4, -0.2) is 35.7 Å². The molecule has 2 heterocycles. The third-order valence-corrected chi connectivity index (χ3v) is 3.67. The van der Waals surface area contributed by atoms with Gasteiger partial charge in [0.2, 0.25) is 5.91 Å². The fourth-order valence-electron chi connectivity index (χ4n) is 2.33. The number of ether oxygens (including phenoxy) is 2. The van der Waals surface area contributed by atoms with Gasteiger partial charge < -0.3 is 20.1 Å². The molecule has 6 heteroatoms. The van der Waals surface area contributed by atoms with E-state index in [-0.39, 0.29) is 24.9 Å². The Bertz CT molecular complexity index is 505. The fourth-order valence-corrected chi connectivity index (χ4v) is 2.33. The van der Waals surface area contributed by atoms with Crippen molar-refractivity contribution in [3.8, 4) is 0 Å². The summed E-state index contributed by atoms with van der Waals surface area (Å²) < 4.78 is 11.2. The van der Waals surface area contributed by atoms with Crippen molar-refractivity contribution in [3.63, 3.8) is 0 Å². The van der Waals surface area contributed by atoms with Gasteiger partial charge in [-0.25, -0.2) is 0 Å². The average Bonchev–Trinajstić information content (AvgIpc) is 2.92. The van der Waals surface area contributed by atoms with Crippen molar-refractivity contribution in [2.75, 3.05) is 6.61 Å². The molecule has 0 saturated carbocycles. The SMILES string of the molecule is CC(C)(C)C(=O)OCC1CC[C@H](N2C=CCC(C(N)=O)=C2)O1. The summed E-state index contributed by atoms with van der Waals surface area (Å²) in [5.74, 6) is -0.642. The Kier molecular flexibility index (Phi) is 4.90. The summed E-state index contributed by atoms with van der Waals surface area (Å²) >= 11 is 0. The number of hydrogen-bond donors (Lipinski definition) is 1. The standard InChI is InChI=1S/C16H24N2O4/c1-16(2,3)15(20)21-10-12-6-7-13(22-12)18-8-4-5-11(9-18)14(17)19/h4,8-9,12-13H,5-7,10H2,1-3H3,(H2,17,19)/t12?,13-/m1/s1. The highest BCUT2D eigenvalue weighted by Crippen LogP contribution is 2.27. The van der Waals surface area contributed by atoms with Crippen LogP contribution in [0.1, 0.15) is 40.0 Å². The second kappa shape index (κ2) is 6.52. The summed E-state index contributed by atoms with van der Waals surface area (Å²) in [7, 11) is 0. The lowest BCUT2D eigenvalue weighted by Crippen LogP contribution is -2.31. The van der Waals surface area contributed by atoms with Crippen LogP contribution in [0.25, 0.3) is 0 Å². The van der Waals surface area contributed by atoms with Gasteiger partial charge in [0.1, 0.15) is 12.8 Å². The van der Waals surface area contributed by atoms with Gasteiger partial charge in [0.25, 0.3) is 0 Å². The molecule has 0 spiro atoms. The Labute approximate surface area is 130 Å². The van der Waals surface area contributed by atoms with Gasteiger partial charge in [-0.05, 0) is 40.0 Å². The third kappa shape index (κ3) is 4.10. The van der Waals surface area contributed by atoms with Crippen molar-refractivity contribution in [3.05, 3.63) is 24.0 Å². The Morgan fingerprint density at radius 3 is 2.77 bits per heavy atom. The lowest BCUT2D eigenvalue weighted by molar-refractivity contribution is -0.157. The normalized spacial score (nSPS) is 25.0. The highest BCUT2D eigenvalue weighted by atomic mass is 16.6. The zero-order valence-electron chi connectivity index (χ0n) is 13.4. The molecule has 0 bridgehead atoms. The monoisotopic (exact) mass is 308 g/mol. The Morgan fingerprint density at radius 2 is 2.14 bits per heavy atom. The molecule has 2 atom stereocenters. The zero-order chi connectivity index (χ0) is 16.3. The van der Waals surface area contributed by atoms with Crippen molar-refractivity contribution >= 4 is 11.9 Å². The molecule has 0 aromatic carbocycles. The quantitative estimate of drug-likeness (QED) is 0.799. The molecule has 6 nitrogen and oxygen atoms in total. The van der Waals surface area contributed by atoms with Crippen LogP contribution in [0.5, 0.6) is 0 Å². The molecular weight excluding hydrogens is 284 g/mol. The average molecular weight is 308 g/mol. The summed E-state index contributed by atoms with van der Waals surface area (Å²) in [6, 6.07) is 0. The molecule has 1 fully saturated rings. The number of rotatable bonds is 4. The molecule has 0 aromatic rings. The van der Waals surface area contributed by atoms with E-state index in [1.54, 1.807) is 6.20 Å². The molecule has 2 aliphatic heterocycles. The van der Waals surface area contributed by atoms with Crippen molar-refractivity contribution in [2.24, 2.45) is 11.1 Å². The molecule has 122 valence electrons. The van der Waals surface area contributed by atoms with E-state index < -0.39 is 11.3 Å². The van der Waals surface area contributed by atoms with Crippen LogP contribution in [0.2, 0.25) is 0 Å². The van der Waals surface area contributed by atoms with Crippen molar-refractivity contribution < 1.29 is 19.1 Å². The molecule has 1 unspecified atom stereocenters.